The Morgan fingerprint density at radius 1 is 0.194 bits per heavy atom. The van der Waals surface area contributed by atoms with Crippen molar-refractivity contribution in [3.05, 3.63) is 0 Å². The Morgan fingerprint density at radius 3 is 0.375 bits per heavy atom. The maximum absolute atomic E-state index is 7.20. The number of quaternary nitrogens is 8. The molecule has 0 radical (unpaired) electrons. The maximum atomic E-state index is 7.20. The van der Waals surface area contributed by atoms with Crippen LogP contribution in [0.5, 0.6) is 0 Å². The summed E-state index contributed by atoms with van der Waals surface area (Å²) in [7, 11) is 37.2. The van der Waals surface area contributed by atoms with E-state index in [1.165, 1.54) is 0 Å². The Hall–Kier alpha value is 0.280. The molecule has 432 valence electrons. The second kappa shape index (κ2) is 30.0. The second-order valence-electron chi connectivity index (χ2n) is 27.9. The predicted molar refractivity (Wildman–Crippen MR) is 305 cm³/mol. The normalized spacial score (nSPS) is 17.9. The Bertz CT molecular complexity index is 1400. The van der Waals surface area contributed by atoms with Gasteiger partial charge in [0.05, 0.1) is 274 Å². The van der Waals surface area contributed by atoms with Gasteiger partial charge in [0, 0.05) is 51.4 Å². The van der Waals surface area contributed by atoms with Gasteiger partial charge in [-0.2, -0.15) is 0 Å². The van der Waals surface area contributed by atoms with Crippen LogP contribution in [0.15, 0.2) is 18.1 Å². The fourth-order valence-corrected chi connectivity index (χ4v) is 20.0. The van der Waals surface area contributed by atoms with Crippen LogP contribution in [-0.2, 0) is 36.2 Å². The zero-order chi connectivity index (χ0) is 55.5. The predicted octanol–water partition coefficient (Wildman–Crippen LogP) is 8.69. The third-order valence-corrected chi connectivity index (χ3v) is 22.2. The zero-order valence-electron chi connectivity index (χ0n) is 51.4. The van der Waals surface area contributed by atoms with Crippen molar-refractivity contribution in [2.24, 2.45) is 18.1 Å². The maximum Gasteiger partial charge on any atom is 0.349 e. The highest BCUT2D eigenvalue weighted by Gasteiger charge is 2.44. The summed E-state index contributed by atoms with van der Waals surface area (Å²) >= 11 is 0. The Morgan fingerprint density at radius 2 is 0.292 bits per heavy atom. The lowest BCUT2D eigenvalue weighted by atomic mass is 10.4. The summed E-state index contributed by atoms with van der Waals surface area (Å²) in [5.74, 6) is 0. The van der Waals surface area contributed by atoms with E-state index in [1.807, 2.05) is 0 Å². The topological polar surface area (TPSA) is 123 Å². The molecule has 20 nitrogen and oxygen atoms in total. The number of hydrogen-bond donors (Lipinski definition) is 0. The van der Waals surface area contributed by atoms with Gasteiger partial charge >= 0.3 is 30.6 Å². The SMILES string of the molecule is C[N+](C)(C)CCCOP1(OCCC[N+](C)(C)C)=NP(OCCC[N+](C)(C)C)(OCCC[N+](C)(C)C)=NP(OCCC[N+](C)(C)C)(OCCC[N+](C)(C)C)=NP(OCCC[N+](C)(C)C)(OCCC[N+](C)(C)C)=N1. The fourth-order valence-electron chi connectivity index (χ4n) is 6.98. The van der Waals surface area contributed by atoms with E-state index < -0.39 is 30.6 Å². The van der Waals surface area contributed by atoms with Crippen LogP contribution in [0, 0.1) is 0 Å². The standard InChI is InChI=1S/C48H120N12O8P4/c1-53(2,3)33-25-41-61-69(62-42-26-34-54(4,5)6)49-70(63-43-27-35-55(7,8)9,64-44-28-36-56(10,11)12)51-72(67-47-31-39-59(19,20)21,68-48-32-40-60(22,23)24)52-71(50-69,65-45-29-37-57(13,14)15)66-46-30-38-58(16,17)18/h25-48H2,1-24H3/q+8. The monoisotopic (exact) mass is 1120 g/mol. The minimum atomic E-state index is -3.82. The third kappa shape index (κ3) is 36.4. The van der Waals surface area contributed by atoms with Crippen LogP contribution in [0.25, 0.3) is 0 Å². The Kier molecular flexibility index (Phi) is 29.3. The van der Waals surface area contributed by atoms with Crippen LogP contribution in [-0.4, -0.2) is 310 Å². The smallest absolute Gasteiger partial charge is 0.331 e. The summed E-state index contributed by atoms with van der Waals surface area (Å²) in [6, 6.07) is 0. The molecule has 0 spiro atoms. The molecule has 0 saturated carbocycles. The Balaban J connectivity index is 4.86. The Labute approximate surface area is 444 Å². The average Bonchev–Trinajstić information content (AvgIpc) is 3.16. The lowest BCUT2D eigenvalue weighted by Gasteiger charge is -2.34. The molecular weight excluding hydrogens is 996 g/mol. The van der Waals surface area contributed by atoms with Gasteiger partial charge in [0.2, 0.25) is 0 Å². The number of hydrogen-bond acceptors (Lipinski definition) is 12. The van der Waals surface area contributed by atoms with Crippen LogP contribution >= 0.6 is 30.6 Å². The van der Waals surface area contributed by atoms with Gasteiger partial charge in [-0.05, 0) is 0 Å². The number of rotatable bonds is 40. The van der Waals surface area contributed by atoms with Crippen molar-refractivity contribution in [3.63, 3.8) is 0 Å². The molecule has 1 rings (SSSR count). The molecule has 1 aliphatic rings. The number of nitrogens with zero attached hydrogens (tertiary/aromatic N) is 12. The highest BCUT2D eigenvalue weighted by molar-refractivity contribution is 7.78. The second-order valence-corrected chi connectivity index (χ2v) is 36.8. The molecule has 0 unspecified atom stereocenters. The van der Waals surface area contributed by atoms with E-state index in [-0.39, 0.29) is 0 Å². The van der Waals surface area contributed by atoms with Crippen LogP contribution in [0.3, 0.4) is 0 Å². The summed E-state index contributed by atoms with van der Waals surface area (Å²) in [6.45, 7) is 9.45. The van der Waals surface area contributed by atoms with Gasteiger partial charge in [-0.1, -0.05) is 0 Å². The van der Waals surface area contributed by atoms with Crippen molar-refractivity contribution < 1.29 is 72.1 Å². The zero-order valence-corrected chi connectivity index (χ0v) is 55.0. The molecule has 0 atom stereocenters. The van der Waals surface area contributed by atoms with Gasteiger partial charge in [0.1, 0.15) is 0 Å². The van der Waals surface area contributed by atoms with Crippen LogP contribution in [0.4, 0.5) is 0 Å². The summed E-state index contributed by atoms with van der Waals surface area (Å²) in [5, 5.41) is 0. The minimum absolute atomic E-state index is 0.320. The highest BCUT2D eigenvalue weighted by Crippen LogP contribution is 2.81. The van der Waals surface area contributed by atoms with Crippen molar-refractivity contribution in [1.29, 1.82) is 0 Å². The molecule has 0 aliphatic carbocycles. The molecule has 0 aromatic heterocycles. The summed E-state index contributed by atoms with van der Waals surface area (Å²) < 4.78 is 86.7. The lowest BCUT2D eigenvalue weighted by Crippen LogP contribution is -2.36. The fraction of sp³-hybridized carbons (Fsp3) is 1.00. The van der Waals surface area contributed by atoms with Gasteiger partial charge in [0.15, 0.2) is 0 Å². The first kappa shape index (κ1) is 70.3. The van der Waals surface area contributed by atoms with Crippen molar-refractivity contribution >= 4 is 30.6 Å². The molecular formula is C48H120N12O8P4+8. The van der Waals surface area contributed by atoms with Crippen LogP contribution < -0.4 is 0 Å². The molecule has 0 fully saturated rings. The van der Waals surface area contributed by atoms with E-state index in [1.54, 1.807) is 0 Å². The molecule has 0 aromatic carbocycles. The quantitative estimate of drug-likeness (QED) is 0.0340. The van der Waals surface area contributed by atoms with Gasteiger partial charge in [-0.15, -0.1) is 18.1 Å². The molecule has 1 aliphatic heterocycles. The van der Waals surface area contributed by atoms with Crippen molar-refractivity contribution in [3.8, 4) is 0 Å². The van der Waals surface area contributed by atoms with Gasteiger partial charge in [0.25, 0.3) is 0 Å². The first-order chi connectivity index (χ1) is 32.5. The van der Waals surface area contributed by atoms with E-state index >= 15 is 0 Å². The molecule has 72 heavy (non-hydrogen) atoms. The van der Waals surface area contributed by atoms with Crippen molar-refractivity contribution in [2.75, 3.05) is 274 Å². The van der Waals surface area contributed by atoms with Gasteiger partial charge < -0.3 is 72.1 Å². The first-order valence-electron chi connectivity index (χ1n) is 26.6. The third-order valence-electron chi connectivity index (χ3n) is 10.8. The molecule has 1 heterocycles. The largest absolute Gasteiger partial charge is 0.349 e. The van der Waals surface area contributed by atoms with Gasteiger partial charge in [-0.25, -0.2) is 0 Å². The molecule has 24 heteroatoms. The highest BCUT2D eigenvalue weighted by atomic mass is 31.3. The molecule has 0 saturated heterocycles. The van der Waals surface area contributed by atoms with E-state index in [0.29, 0.717) is 52.9 Å². The van der Waals surface area contributed by atoms with E-state index in [9.17, 15) is 0 Å². The summed E-state index contributed by atoms with van der Waals surface area (Å²) in [6.07, 6.45) is 5.85. The summed E-state index contributed by atoms with van der Waals surface area (Å²) in [5.41, 5.74) is 0. The van der Waals surface area contributed by atoms with Crippen LogP contribution in [0.1, 0.15) is 51.4 Å². The molecule has 0 N–H and O–H groups in total. The van der Waals surface area contributed by atoms with Crippen molar-refractivity contribution in [2.45, 2.75) is 51.4 Å². The first-order valence-corrected chi connectivity index (χ1v) is 32.8. The minimum Gasteiger partial charge on any atom is -0.331 e. The van der Waals surface area contributed by atoms with Gasteiger partial charge in [-0.3, -0.25) is 0 Å². The molecule has 0 aromatic rings. The average molecular weight is 1120 g/mol. The molecule has 0 amide bonds. The van der Waals surface area contributed by atoms with E-state index in [2.05, 4.69) is 169 Å². The lowest BCUT2D eigenvalue weighted by molar-refractivity contribution is -0.870. The van der Waals surface area contributed by atoms with Crippen molar-refractivity contribution in [1.82, 2.24) is 0 Å². The summed E-state index contributed by atoms with van der Waals surface area (Å²) in [4.78, 5) is 0. The molecule has 0 bridgehead atoms. The van der Waals surface area contributed by atoms with E-state index in [4.69, 9.17) is 54.3 Å². The van der Waals surface area contributed by atoms with Crippen LogP contribution in [0.2, 0.25) is 0 Å². The van der Waals surface area contributed by atoms with E-state index in [0.717, 1.165) is 140 Å².